The van der Waals surface area contributed by atoms with E-state index in [-0.39, 0.29) is 17.4 Å². The number of thiophene rings is 1. The zero-order valence-electron chi connectivity index (χ0n) is 16.3. The molecular formula is C22H21N5O2S. The summed E-state index contributed by atoms with van der Waals surface area (Å²) in [6.45, 7) is 0. The highest BCUT2D eigenvalue weighted by molar-refractivity contribution is 7.18. The zero-order chi connectivity index (χ0) is 20.6. The van der Waals surface area contributed by atoms with Gasteiger partial charge in [0, 0.05) is 17.2 Å². The molecule has 1 aliphatic carbocycles. The number of hydrogen-bond acceptors (Lipinski definition) is 6. The van der Waals surface area contributed by atoms with Gasteiger partial charge in [-0.05, 0) is 31.0 Å². The van der Waals surface area contributed by atoms with Crippen LogP contribution in [0.15, 0.2) is 48.8 Å². The second-order valence-electron chi connectivity index (χ2n) is 7.68. The molecule has 1 saturated carbocycles. The molecule has 5 rings (SSSR count). The SMILES string of the molecule is O=C(Nc1cc(Nc2cc3c(s2)C(=O)NC32CCCCC2)ncn1)c1ccccc1. The van der Waals surface area contributed by atoms with E-state index in [1.165, 1.54) is 24.1 Å². The molecule has 152 valence electrons. The average Bonchev–Trinajstić information content (AvgIpc) is 3.29. The number of amides is 2. The number of rotatable bonds is 4. The van der Waals surface area contributed by atoms with Gasteiger partial charge < -0.3 is 16.0 Å². The van der Waals surface area contributed by atoms with Crippen LogP contribution in [0, 0.1) is 0 Å². The number of nitrogens with one attached hydrogen (secondary N) is 3. The molecule has 0 bridgehead atoms. The zero-order valence-corrected chi connectivity index (χ0v) is 17.1. The van der Waals surface area contributed by atoms with E-state index >= 15 is 0 Å². The lowest BCUT2D eigenvalue weighted by molar-refractivity contribution is 0.0911. The van der Waals surface area contributed by atoms with E-state index in [0.717, 1.165) is 41.1 Å². The summed E-state index contributed by atoms with van der Waals surface area (Å²) in [5.41, 5.74) is 1.46. The quantitative estimate of drug-likeness (QED) is 0.581. The van der Waals surface area contributed by atoms with Crippen molar-refractivity contribution >= 4 is 39.8 Å². The summed E-state index contributed by atoms with van der Waals surface area (Å²) in [6, 6.07) is 12.7. The molecule has 8 heteroatoms. The normalized spacial score (nSPS) is 16.7. The van der Waals surface area contributed by atoms with E-state index in [9.17, 15) is 9.59 Å². The molecule has 3 N–H and O–H groups in total. The summed E-state index contributed by atoms with van der Waals surface area (Å²) in [7, 11) is 0. The topological polar surface area (TPSA) is 96.0 Å². The fourth-order valence-corrected chi connectivity index (χ4v) is 5.33. The van der Waals surface area contributed by atoms with Gasteiger partial charge in [-0.1, -0.05) is 37.5 Å². The maximum Gasteiger partial charge on any atom is 0.262 e. The van der Waals surface area contributed by atoms with Gasteiger partial charge in [-0.2, -0.15) is 0 Å². The van der Waals surface area contributed by atoms with Crippen molar-refractivity contribution in [2.45, 2.75) is 37.6 Å². The number of carbonyl (C=O) groups is 2. The maximum absolute atomic E-state index is 12.5. The molecule has 1 fully saturated rings. The second kappa shape index (κ2) is 7.53. The highest BCUT2D eigenvalue weighted by Gasteiger charge is 2.44. The van der Waals surface area contributed by atoms with Crippen molar-refractivity contribution < 1.29 is 9.59 Å². The number of carbonyl (C=O) groups excluding carboxylic acids is 2. The van der Waals surface area contributed by atoms with Crippen LogP contribution < -0.4 is 16.0 Å². The predicted molar refractivity (Wildman–Crippen MR) is 116 cm³/mol. The van der Waals surface area contributed by atoms with E-state index in [2.05, 4.69) is 32.0 Å². The summed E-state index contributed by atoms with van der Waals surface area (Å²) in [6.07, 6.45) is 6.87. The first-order valence-corrected chi connectivity index (χ1v) is 10.9. The lowest BCUT2D eigenvalue weighted by Gasteiger charge is -2.33. The Morgan fingerprint density at radius 2 is 1.80 bits per heavy atom. The first-order valence-electron chi connectivity index (χ1n) is 10.1. The third-order valence-electron chi connectivity index (χ3n) is 5.71. The highest BCUT2D eigenvalue weighted by Crippen LogP contribution is 2.47. The summed E-state index contributed by atoms with van der Waals surface area (Å²) < 4.78 is 0. The smallest absolute Gasteiger partial charge is 0.262 e. The van der Waals surface area contributed by atoms with E-state index < -0.39 is 0 Å². The lowest BCUT2D eigenvalue weighted by Crippen LogP contribution is -2.40. The van der Waals surface area contributed by atoms with Crippen LogP contribution in [0.3, 0.4) is 0 Å². The largest absolute Gasteiger partial charge is 0.342 e. The standard InChI is InChI=1S/C22H21N5O2S/c28-20(14-7-3-1-4-8-14)26-17-12-16(23-13-24-17)25-18-11-15-19(30-18)21(29)27-22(15)9-5-2-6-10-22/h1,3-4,7-8,11-13H,2,5-6,9-10H2,(H,27,29)(H2,23,24,25,26,28). The Bertz CT molecular complexity index is 1110. The number of hydrogen-bond donors (Lipinski definition) is 3. The van der Waals surface area contributed by atoms with Gasteiger partial charge >= 0.3 is 0 Å². The van der Waals surface area contributed by atoms with Crippen molar-refractivity contribution in [1.29, 1.82) is 0 Å². The van der Waals surface area contributed by atoms with Crippen molar-refractivity contribution in [2.75, 3.05) is 10.6 Å². The molecule has 0 unspecified atom stereocenters. The fourth-order valence-electron chi connectivity index (χ4n) is 4.27. The van der Waals surface area contributed by atoms with Crippen LogP contribution in [0.25, 0.3) is 0 Å². The van der Waals surface area contributed by atoms with E-state index in [1.54, 1.807) is 18.2 Å². The summed E-state index contributed by atoms with van der Waals surface area (Å²) in [5.74, 6) is 0.757. The monoisotopic (exact) mass is 419 g/mol. The maximum atomic E-state index is 12.5. The molecule has 2 aromatic heterocycles. The molecule has 2 amide bonds. The minimum Gasteiger partial charge on any atom is -0.342 e. The Kier molecular flexibility index (Phi) is 4.71. The van der Waals surface area contributed by atoms with Gasteiger partial charge in [0.25, 0.3) is 11.8 Å². The third-order valence-corrected chi connectivity index (χ3v) is 6.76. The number of nitrogens with zero attached hydrogens (tertiary/aromatic N) is 2. The van der Waals surface area contributed by atoms with Gasteiger partial charge in [0.2, 0.25) is 0 Å². The Morgan fingerprint density at radius 1 is 1.03 bits per heavy atom. The van der Waals surface area contributed by atoms with Gasteiger partial charge in [-0.15, -0.1) is 11.3 Å². The van der Waals surface area contributed by atoms with E-state index in [1.807, 2.05) is 18.2 Å². The minimum atomic E-state index is -0.230. The second-order valence-corrected chi connectivity index (χ2v) is 8.74. The van der Waals surface area contributed by atoms with Crippen LogP contribution in [-0.2, 0) is 5.54 Å². The Hall–Kier alpha value is -3.26. The van der Waals surface area contributed by atoms with Crippen molar-refractivity contribution in [2.24, 2.45) is 0 Å². The number of fused-ring (bicyclic) bond motifs is 2. The van der Waals surface area contributed by atoms with Crippen LogP contribution in [0.4, 0.5) is 16.6 Å². The summed E-state index contributed by atoms with van der Waals surface area (Å²) in [5, 5.41) is 10.1. The van der Waals surface area contributed by atoms with Gasteiger partial charge in [-0.3, -0.25) is 9.59 Å². The van der Waals surface area contributed by atoms with Gasteiger partial charge in [0.1, 0.15) is 18.0 Å². The molecule has 7 nitrogen and oxygen atoms in total. The van der Waals surface area contributed by atoms with Crippen molar-refractivity contribution in [1.82, 2.24) is 15.3 Å². The summed E-state index contributed by atoms with van der Waals surface area (Å²) in [4.78, 5) is 34.0. The lowest BCUT2D eigenvalue weighted by atomic mass is 9.78. The molecule has 1 aromatic carbocycles. The molecule has 1 aliphatic heterocycles. The van der Waals surface area contributed by atoms with Crippen LogP contribution in [0.2, 0.25) is 0 Å². The third kappa shape index (κ3) is 3.43. The van der Waals surface area contributed by atoms with E-state index in [0.29, 0.717) is 17.2 Å². The van der Waals surface area contributed by atoms with Crippen LogP contribution in [0.1, 0.15) is 57.7 Å². The van der Waals surface area contributed by atoms with Crippen molar-refractivity contribution in [3.63, 3.8) is 0 Å². The van der Waals surface area contributed by atoms with Crippen LogP contribution in [0.5, 0.6) is 0 Å². The van der Waals surface area contributed by atoms with Gasteiger partial charge in [-0.25, -0.2) is 9.97 Å². The number of aromatic nitrogens is 2. The van der Waals surface area contributed by atoms with E-state index in [4.69, 9.17) is 0 Å². The fraction of sp³-hybridized carbons (Fsp3) is 0.273. The molecule has 1 spiro atoms. The molecule has 0 atom stereocenters. The molecule has 30 heavy (non-hydrogen) atoms. The highest BCUT2D eigenvalue weighted by atomic mass is 32.1. The Labute approximate surface area is 178 Å². The van der Waals surface area contributed by atoms with Crippen LogP contribution >= 0.6 is 11.3 Å². The first kappa shape index (κ1) is 18.7. The van der Waals surface area contributed by atoms with Crippen molar-refractivity contribution in [3.05, 3.63) is 64.8 Å². The first-order chi connectivity index (χ1) is 14.6. The molecule has 0 saturated heterocycles. The molecule has 3 heterocycles. The minimum absolute atomic E-state index is 0.0171. The predicted octanol–water partition coefficient (Wildman–Crippen LogP) is 4.44. The molecular weight excluding hydrogens is 398 g/mol. The van der Waals surface area contributed by atoms with Crippen molar-refractivity contribution in [3.8, 4) is 0 Å². The van der Waals surface area contributed by atoms with Crippen LogP contribution in [-0.4, -0.2) is 21.8 Å². The molecule has 3 aromatic rings. The number of anilines is 3. The van der Waals surface area contributed by atoms with Gasteiger partial charge in [0.05, 0.1) is 15.4 Å². The Morgan fingerprint density at radius 3 is 2.60 bits per heavy atom. The summed E-state index contributed by atoms with van der Waals surface area (Å²) >= 11 is 1.44. The molecule has 2 aliphatic rings. The molecule has 0 radical (unpaired) electrons. The Balaban J connectivity index is 1.34. The average molecular weight is 420 g/mol. The van der Waals surface area contributed by atoms with Gasteiger partial charge in [0.15, 0.2) is 0 Å². The number of benzene rings is 1.